The number of aromatic nitrogens is 2. The SMILES string of the molecule is CCS(=O)(=O)CC(C)Nc1ccc2[nH]c(=O)c(=O)[nH]c2c1. The lowest BCUT2D eigenvalue weighted by Crippen LogP contribution is -2.29. The van der Waals surface area contributed by atoms with E-state index < -0.39 is 21.0 Å². The summed E-state index contributed by atoms with van der Waals surface area (Å²) in [5.74, 6) is 0.134. The van der Waals surface area contributed by atoms with Gasteiger partial charge in [0.2, 0.25) is 0 Å². The molecule has 2 rings (SSSR count). The van der Waals surface area contributed by atoms with Gasteiger partial charge in [0.1, 0.15) is 0 Å². The molecule has 114 valence electrons. The van der Waals surface area contributed by atoms with Gasteiger partial charge in [-0.3, -0.25) is 9.59 Å². The van der Waals surface area contributed by atoms with E-state index in [9.17, 15) is 18.0 Å². The lowest BCUT2D eigenvalue weighted by molar-refractivity contribution is 0.593. The number of hydrogen-bond acceptors (Lipinski definition) is 5. The molecule has 1 aromatic heterocycles. The van der Waals surface area contributed by atoms with Crippen molar-refractivity contribution in [3.05, 3.63) is 38.9 Å². The van der Waals surface area contributed by atoms with E-state index in [0.717, 1.165) is 0 Å². The van der Waals surface area contributed by atoms with Gasteiger partial charge in [-0.2, -0.15) is 0 Å². The Morgan fingerprint density at radius 1 is 1.14 bits per heavy atom. The first-order valence-corrected chi connectivity index (χ1v) is 8.36. The average molecular weight is 311 g/mol. The number of benzene rings is 1. The summed E-state index contributed by atoms with van der Waals surface area (Å²) in [6.45, 7) is 3.38. The van der Waals surface area contributed by atoms with Gasteiger partial charge in [0.25, 0.3) is 0 Å². The number of aromatic amines is 2. The molecule has 1 heterocycles. The summed E-state index contributed by atoms with van der Waals surface area (Å²) < 4.78 is 23.1. The van der Waals surface area contributed by atoms with Crippen molar-refractivity contribution in [3.63, 3.8) is 0 Å². The topological polar surface area (TPSA) is 112 Å². The molecule has 0 bridgehead atoms. The molecule has 3 N–H and O–H groups in total. The lowest BCUT2D eigenvalue weighted by atomic mass is 10.2. The second kappa shape index (κ2) is 5.72. The van der Waals surface area contributed by atoms with E-state index in [1.54, 1.807) is 32.0 Å². The van der Waals surface area contributed by atoms with Crippen LogP contribution < -0.4 is 16.4 Å². The maximum atomic E-state index is 11.6. The number of sulfone groups is 1. The van der Waals surface area contributed by atoms with Crippen LogP contribution in [0.15, 0.2) is 27.8 Å². The van der Waals surface area contributed by atoms with Gasteiger partial charge in [0.15, 0.2) is 9.84 Å². The number of H-pyrrole nitrogens is 2. The minimum atomic E-state index is -3.06. The summed E-state index contributed by atoms with van der Waals surface area (Å²) in [6.07, 6.45) is 0. The Balaban J connectivity index is 2.25. The molecular weight excluding hydrogens is 294 g/mol. The Hall–Kier alpha value is -2.09. The molecule has 0 aliphatic carbocycles. The summed E-state index contributed by atoms with van der Waals surface area (Å²) in [5, 5.41) is 3.07. The highest BCUT2D eigenvalue weighted by Crippen LogP contribution is 2.15. The molecular formula is C13H17N3O4S. The first kappa shape index (κ1) is 15.3. The van der Waals surface area contributed by atoms with Crippen LogP contribution in [0.25, 0.3) is 11.0 Å². The minimum Gasteiger partial charge on any atom is -0.382 e. The minimum absolute atomic E-state index is 0.0314. The first-order chi connectivity index (χ1) is 9.80. The summed E-state index contributed by atoms with van der Waals surface area (Å²) in [6, 6.07) is 4.76. The van der Waals surface area contributed by atoms with Crippen molar-refractivity contribution in [2.24, 2.45) is 0 Å². The molecule has 0 saturated heterocycles. The van der Waals surface area contributed by atoms with Gasteiger partial charge >= 0.3 is 11.1 Å². The van der Waals surface area contributed by atoms with Crippen molar-refractivity contribution in [2.75, 3.05) is 16.8 Å². The highest BCUT2D eigenvalue weighted by molar-refractivity contribution is 7.91. The van der Waals surface area contributed by atoms with E-state index >= 15 is 0 Å². The van der Waals surface area contributed by atoms with Crippen molar-refractivity contribution >= 4 is 26.6 Å². The molecule has 0 radical (unpaired) electrons. The zero-order chi connectivity index (χ0) is 15.6. The predicted octanol–water partition coefficient (Wildman–Crippen LogP) is 0.452. The molecule has 1 unspecified atom stereocenters. The summed E-state index contributed by atoms with van der Waals surface area (Å²) in [4.78, 5) is 27.4. The van der Waals surface area contributed by atoms with Crippen LogP contribution in [0, 0.1) is 0 Å². The number of anilines is 1. The van der Waals surface area contributed by atoms with Crippen LogP contribution >= 0.6 is 0 Å². The zero-order valence-corrected chi connectivity index (χ0v) is 12.6. The fraction of sp³-hybridized carbons (Fsp3) is 0.385. The Kier molecular flexibility index (Phi) is 4.17. The maximum absolute atomic E-state index is 11.6. The molecule has 0 aliphatic heterocycles. The lowest BCUT2D eigenvalue weighted by Gasteiger charge is -2.15. The van der Waals surface area contributed by atoms with Gasteiger partial charge in [-0.25, -0.2) is 8.42 Å². The molecule has 0 fully saturated rings. The van der Waals surface area contributed by atoms with Crippen LogP contribution in [-0.2, 0) is 9.84 Å². The van der Waals surface area contributed by atoms with Crippen LogP contribution in [0.5, 0.6) is 0 Å². The molecule has 21 heavy (non-hydrogen) atoms. The van der Waals surface area contributed by atoms with Gasteiger partial charge in [-0.05, 0) is 25.1 Å². The van der Waals surface area contributed by atoms with E-state index in [-0.39, 0.29) is 17.5 Å². The molecule has 1 aromatic carbocycles. The number of fused-ring (bicyclic) bond motifs is 1. The molecule has 0 spiro atoms. The van der Waals surface area contributed by atoms with E-state index in [1.165, 1.54) is 0 Å². The third-order valence-electron chi connectivity index (χ3n) is 3.08. The van der Waals surface area contributed by atoms with Crippen molar-refractivity contribution < 1.29 is 8.42 Å². The Bertz CT molecular complexity index is 867. The van der Waals surface area contributed by atoms with Gasteiger partial charge < -0.3 is 15.3 Å². The second-order valence-corrected chi connectivity index (χ2v) is 7.31. The van der Waals surface area contributed by atoms with Crippen molar-refractivity contribution in [1.82, 2.24) is 9.97 Å². The summed E-state index contributed by atoms with van der Waals surface area (Å²) in [5.41, 5.74) is 0.241. The molecule has 2 aromatic rings. The molecule has 0 aliphatic rings. The molecule has 0 saturated carbocycles. The third kappa shape index (κ3) is 3.72. The third-order valence-corrected chi connectivity index (χ3v) is 4.97. The highest BCUT2D eigenvalue weighted by atomic mass is 32.2. The smallest absolute Gasteiger partial charge is 0.314 e. The van der Waals surface area contributed by atoms with E-state index in [4.69, 9.17) is 0 Å². The Morgan fingerprint density at radius 3 is 2.38 bits per heavy atom. The maximum Gasteiger partial charge on any atom is 0.314 e. The normalized spacial score (nSPS) is 13.2. The van der Waals surface area contributed by atoms with Crippen LogP contribution in [0.3, 0.4) is 0 Å². The van der Waals surface area contributed by atoms with Crippen LogP contribution in [-0.4, -0.2) is 35.9 Å². The van der Waals surface area contributed by atoms with Crippen LogP contribution in [0.1, 0.15) is 13.8 Å². The standard InChI is InChI=1S/C13H17N3O4S/c1-3-21(19,20)7-8(2)14-9-4-5-10-11(6-9)16-13(18)12(17)15-10/h4-6,8,14H,3,7H2,1-2H3,(H,15,17)(H,16,18). The highest BCUT2D eigenvalue weighted by Gasteiger charge is 2.13. The van der Waals surface area contributed by atoms with Crippen molar-refractivity contribution in [3.8, 4) is 0 Å². The van der Waals surface area contributed by atoms with Gasteiger partial charge in [0.05, 0.1) is 16.8 Å². The number of hydrogen-bond donors (Lipinski definition) is 3. The molecule has 8 heteroatoms. The largest absolute Gasteiger partial charge is 0.382 e. The van der Waals surface area contributed by atoms with E-state index in [0.29, 0.717) is 16.7 Å². The van der Waals surface area contributed by atoms with Crippen LogP contribution in [0.4, 0.5) is 5.69 Å². The van der Waals surface area contributed by atoms with Gasteiger partial charge in [0, 0.05) is 17.5 Å². The van der Waals surface area contributed by atoms with Gasteiger partial charge in [-0.1, -0.05) is 6.92 Å². The predicted molar refractivity (Wildman–Crippen MR) is 82.6 cm³/mol. The summed E-state index contributed by atoms with van der Waals surface area (Å²) >= 11 is 0. The van der Waals surface area contributed by atoms with Crippen molar-refractivity contribution in [2.45, 2.75) is 19.9 Å². The summed E-state index contributed by atoms with van der Waals surface area (Å²) in [7, 11) is -3.06. The number of nitrogens with one attached hydrogen (secondary N) is 3. The Morgan fingerprint density at radius 2 is 1.76 bits per heavy atom. The zero-order valence-electron chi connectivity index (χ0n) is 11.8. The van der Waals surface area contributed by atoms with Crippen LogP contribution in [0.2, 0.25) is 0 Å². The number of rotatable bonds is 5. The van der Waals surface area contributed by atoms with E-state index in [2.05, 4.69) is 15.3 Å². The fourth-order valence-corrected chi connectivity index (χ4v) is 3.11. The molecule has 0 amide bonds. The average Bonchev–Trinajstić information content (AvgIpc) is 2.40. The Labute approximate surface area is 121 Å². The monoisotopic (exact) mass is 311 g/mol. The first-order valence-electron chi connectivity index (χ1n) is 6.54. The van der Waals surface area contributed by atoms with E-state index in [1.807, 2.05) is 0 Å². The molecule has 1 atom stereocenters. The van der Waals surface area contributed by atoms with Gasteiger partial charge in [-0.15, -0.1) is 0 Å². The molecule has 7 nitrogen and oxygen atoms in total. The fourth-order valence-electron chi connectivity index (χ4n) is 2.03. The quantitative estimate of drug-likeness (QED) is 0.694. The van der Waals surface area contributed by atoms with Crippen molar-refractivity contribution in [1.29, 1.82) is 0 Å². The second-order valence-electron chi connectivity index (χ2n) is 4.91.